The number of hydrogen-bond acceptors (Lipinski definition) is 5. The van der Waals surface area contributed by atoms with Gasteiger partial charge in [0.1, 0.15) is 11.8 Å². The predicted octanol–water partition coefficient (Wildman–Crippen LogP) is 3.45. The summed E-state index contributed by atoms with van der Waals surface area (Å²) >= 11 is 0. The number of aromatic nitrogens is 1. The van der Waals surface area contributed by atoms with Gasteiger partial charge in [-0.2, -0.15) is 0 Å². The summed E-state index contributed by atoms with van der Waals surface area (Å²) in [4.78, 5) is 28.4. The van der Waals surface area contributed by atoms with Gasteiger partial charge in [-0.25, -0.2) is 4.79 Å². The summed E-state index contributed by atoms with van der Waals surface area (Å²) in [5.41, 5.74) is 0.0571. The van der Waals surface area contributed by atoms with E-state index in [4.69, 9.17) is 4.74 Å². The zero-order chi connectivity index (χ0) is 16.3. The third kappa shape index (κ3) is 3.93. The molecule has 1 aromatic heterocycles. The first-order valence-corrected chi connectivity index (χ1v) is 7.38. The highest BCUT2D eigenvalue weighted by Crippen LogP contribution is 2.31. The molecule has 0 saturated carbocycles. The fourth-order valence-electron chi connectivity index (χ4n) is 2.48. The zero-order valence-electron chi connectivity index (χ0n) is 13.1. The second-order valence-corrected chi connectivity index (χ2v) is 6.38. The van der Waals surface area contributed by atoms with Crippen LogP contribution >= 0.6 is 0 Å². The van der Waals surface area contributed by atoms with Crippen molar-refractivity contribution in [3.63, 3.8) is 0 Å². The van der Waals surface area contributed by atoms with E-state index in [1.165, 1.54) is 12.3 Å². The van der Waals surface area contributed by atoms with Crippen molar-refractivity contribution in [2.75, 3.05) is 6.54 Å². The number of piperidine rings is 1. The number of rotatable bonds is 2. The summed E-state index contributed by atoms with van der Waals surface area (Å²) in [7, 11) is 0. The van der Waals surface area contributed by atoms with Gasteiger partial charge in [0.15, 0.2) is 0 Å². The molecule has 22 heavy (non-hydrogen) atoms. The van der Waals surface area contributed by atoms with Gasteiger partial charge in [0, 0.05) is 12.6 Å². The minimum Gasteiger partial charge on any atom is -0.444 e. The van der Waals surface area contributed by atoms with Gasteiger partial charge in [-0.15, -0.1) is 0 Å². The van der Waals surface area contributed by atoms with E-state index in [0.717, 1.165) is 19.3 Å². The smallest absolute Gasteiger partial charge is 0.410 e. The summed E-state index contributed by atoms with van der Waals surface area (Å²) in [6.07, 6.45) is 3.56. The Kier molecular flexibility index (Phi) is 4.63. The first kappa shape index (κ1) is 16.2. The standard InChI is InChI=1S/C15H21N3O4/c1-15(2,3)22-14(19)17-9-5-4-6-13(17)12-8-7-11(10-16-12)18(20)21/h7-8,10,13H,4-6,9H2,1-3H3/t13-/m0/s1. The number of amides is 1. The van der Waals surface area contributed by atoms with Crippen molar-refractivity contribution in [3.05, 3.63) is 34.1 Å². The normalized spacial score (nSPS) is 18.9. The number of nitrogens with zero attached hydrogens (tertiary/aromatic N) is 3. The largest absolute Gasteiger partial charge is 0.444 e. The van der Waals surface area contributed by atoms with Crippen molar-refractivity contribution in [2.45, 2.75) is 51.7 Å². The number of hydrogen-bond donors (Lipinski definition) is 0. The molecule has 0 aromatic carbocycles. The Morgan fingerprint density at radius 3 is 2.68 bits per heavy atom. The Morgan fingerprint density at radius 1 is 1.41 bits per heavy atom. The van der Waals surface area contributed by atoms with Gasteiger partial charge in [0.05, 0.1) is 16.7 Å². The van der Waals surface area contributed by atoms with E-state index in [-0.39, 0.29) is 17.8 Å². The van der Waals surface area contributed by atoms with E-state index in [9.17, 15) is 14.9 Å². The molecule has 1 aliphatic rings. The number of carbonyl (C=O) groups is 1. The Hall–Kier alpha value is -2.18. The van der Waals surface area contributed by atoms with Crippen molar-refractivity contribution in [2.24, 2.45) is 0 Å². The van der Waals surface area contributed by atoms with Crippen LogP contribution in [0.15, 0.2) is 18.3 Å². The van der Waals surface area contributed by atoms with Gasteiger partial charge in [-0.3, -0.25) is 20.0 Å². The van der Waals surface area contributed by atoms with Crippen molar-refractivity contribution in [1.82, 2.24) is 9.88 Å². The summed E-state index contributed by atoms with van der Waals surface area (Å²) in [5.74, 6) is 0. The van der Waals surface area contributed by atoms with Crippen molar-refractivity contribution >= 4 is 11.8 Å². The van der Waals surface area contributed by atoms with Crippen LogP contribution in [0.4, 0.5) is 10.5 Å². The van der Waals surface area contributed by atoms with Crippen LogP contribution in [-0.4, -0.2) is 33.0 Å². The van der Waals surface area contributed by atoms with Gasteiger partial charge in [-0.1, -0.05) is 0 Å². The van der Waals surface area contributed by atoms with Crippen molar-refractivity contribution in [1.29, 1.82) is 0 Å². The molecule has 1 aromatic rings. The number of nitro groups is 1. The lowest BCUT2D eigenvalue weighted by Crippen LogP contribution is -2.42. The maximum atomic E-state index is 12.3. The first-order chi connectivity index (χ1) is 10.3. The highest BCUT2D eigenvalue weighted by molar-refractivity contribution is 5.69. The molecule has 7 heteroatoms. The third-order valence-electron chi connectivity index (χ3n) is 3.45. The number of ether oxygens (including phenoxy) is 1. The topological polar surface area (TPSA) is 85.6 Å². The van der Waals surface area contributed by atoms with Gasteiger partial charge in [-0.05, 0) is 46.1 Å². The average Bonchev–Trinajstić information content (AvgIpc) is 2.45. The van der Waals surface area contributed by atoms with E-state index in [0.29, 0.717) is 12.2 Å². The van der Waals surface area contributed by atoms with Crippen molar-refractivity contribution < 1.29 is 14.5 Å². The van der Waals surface area contributed by atoms with Crippen LogP contribution in [0.2, 0.25) is 0 Å². The molecule has 0 bridgehead atoms. The SMILES string of the molecule is CC(C)(C)OC(=O)N1CCCC[C@H]1c1ccc([N+](=O)[O-])cn1. The second kappa shape index (κ2) is 6.29. The number of pyridine rings is 1. The van der Waals surface area contributed by atoms with Crippen LogP contribution in [0.3, 0.4) is 0 Å². The summed E-state index contributed by atoms with van der Waals surface area (Å²) < 4.78 is 5.44. The molecule has 2 rings (SSSR count). The van der Waals surface area contributed by atoms with Crippen LogP contribution in [-0.2, 0) is 4.74 Å². The first-order valence-electron chi connectivity index (χ1n) is 7.38. The fraction of sp³-hybridized carbons (Fsp3) is 0.600. The van der Waals surface area contributed by atoms with Crippen molar-refractivity contribution in [3.8, 4) is 0 Å². The lowest BCUT2D eigenvalue weighted by molar-refractivity contribution is -0.385. The second-order valence-electron chi connectivity index (χ2n) is 6.38. The monoisotopic (exact) mass is 307 g/mol. The summed E-state index contributed by atoms with van der Waals surface area (Å²) in [5, 5.41) is 10.7. The van der Waals surface area contributed by atoms with E-state index in [2.05, 4.69) is 4.98 Å². The molecule has 7 nitrogen and oxygen atoms in total. The molecule has 1 amide bonds. The maximum Gasteiger partial charge on any atom is 0.410 e. The molecule has 1 fully saturated rings. The average molecular weight is 307 g/mol. The van der Waals surface area contributed by atoms with Crippen LogP contribution < -0.4 is 0 Å². The molecule has 0 spiro atoms. The van der Waals surface area contributed by atoms with E-state index in [1.807, 2.05) is 20.8 Å². The molecule has 0 radical (unpaired) electrons. The van der Waals surface area contributed by atoms with Gasteiger partial charge >= 0.3 is 6.09 Å². The molecule has 2 heterocycles. The van der Waals surface area contributed by atoms with Gasteiger partial charge in [0.25, 0.3) is 5.69 Å². The fourth-order valence-corrected chi connectivity index (χ4v) is 2.48. The van der Waals surface area contributed by atoms with Crippen LogP contribution in [0.1, 0.15) is 51.8 Å². The Bertz CT molecular complexity index is 551. The molecule has 1 atom stereocenters. The molecule has 0 aliphatic carbocycles. The number of likely N-dealkylation sites (tertiary alicyclic amines) is 1. The van der Waals surface area contributed by atoms with Gasteiger partial charge < -0.3 is 4.74 Å². The minimum atomic E-state index is -0.554. The lowest BCUT2D eigenvalue weighted by Gasteiger charge is -2.36. The quantitative estimate of drug-likeness (QED) is 0.617. The predicted molar refractivity (Wildman–Crippen MR) is 80.4 cm³/mol. The van der Waals surface area contributed by atoms with Gasteiger partial charge in [0.2, 0.25) is 0 Å². The molecule has 1 aliphatic heterocycles. The summed E-state index contributed by atoms with van der Waals surface area (Å²) in [6.45, 7) is 6.09. The van der Waals surface area contributed by atoms with Crippen LogP contribution in [0, 0.1) is 10.1 Å². The maximum absolute atomic E-state index is 12.3. The Morgan fingerprint density at radius 2 is 2.14 bits per heavy atom. The number of carbonyl (C=O) groups excluding carboxylic acids is 1. The Balaban J connectivity index is 2.19. The Labute approximate surface area is 129 Å². The third-order valence-corrected chi connectivity index (χ3v) is 3.45. The molecule has 0 unspecified atom stereocenters. The van der Waals surface area contributed by atoms with Crippen LogP contribution in [0.25, 0.3) is 0 Å². The molecular formula is C15H21N3O4. The summed E-state index contributed by atoms with van der Waals surface area (Å²) in [6, 6.07) is 2.85. The molecule has 0 N–H and O–H groups in total. The van der Waals surface area contributed by atoms with Crippen LogP contribution in [0.5, 0.6) is 0 Å². The zero-order valence-corrected chi connectivity index (χ0v) is 13.1. The highest BCUT2D eigenvalue weighted by atomic mass is 16.6. The van der Waals surface area contributed by atoms with E-state index < -0.39 is 10.5 Å². The lowest BCUT2D eigenvalue weighted by atomic mass is 9.99. The molecular weight excluding hydrogens is 286 g/mol. The molecule has 120 valence electrons. The van der Waals surface area contributed by atoms with E-state index in [1.54, 1.807) is 11.0 Å². The highest BCUT2D eigenvalue weighted by Gasteiger charge is 2.32. The molecule has 1 saturated heterocycles. The van der Waals surface area contributed by atoms with E-state index >= 15 is 0 Å². The minimum absolute atomic E-state index is 0.0524.